The number of rotatable bonds is 3. The van der Waals surface area contributed by atoms with Crippen molar-refractivity contribution < 1.29 is 18.7 Å². The highest BCUT2D eigenvalue weighted by Gasteiger charge is 2.36. The summed E-state index contributed by atoms with van der Waals surface area (Å²) in [5, 5.41) is 15.5. The molecule has 24 heavy (non-hydrogen) atoms. The van der Waals surface area contributed by atoms with Gasteiger partial charge in [-0.15, -0.1) is 0 Å². The van der Waals surface area contributed by atoms with E-state index in [9.17, 15) is 9.90 Å². The van der Waals surface area contributed by atoms with Gasteiger partial charge in [-0.1, -0.05) is 12.1 Å². The normalized spacial score (nSPS) is 17.1. The first-order valence-electron chi connectivity index (χ1n) is 7.50. The van der Waals surface area contributed by atoms with E-state index in [1.165, 1.54) is 11.3 Å². The van der Waals surface area contributed by atoms with E-state index in [1.807, 2.05) is 12.1 Å². The van der Waals surface area contributed by atoms with Crippen molar-refractivity contribution in [3.8, 4) is 5.75 Å². The summed E-state index contributed by atoms with van der Waals surface area (Å²) in [6.07, 6.45) is 3.51. The van der Waals surface area contributed by atoms with Crippen molar-refractivity contribution in [1.82, 2.24) is 5.01 Å². The fourth-order valence-corrected chi connectivity index (χ4v) is 2.77. The predicted octanol–water partition coefficient (Wildman–Crippen LogP) is 3.57. The van der Waals surface area contributed by atoms with Crippen molar-refractivity contribution in [1.29, 1.82) is 0 Å². The fourth-order valence-electron chi connectivity index (χ4n) is 2.77. The van der Waals surface area contributed by atoms with E-state index in [0.29, 0.717) is 17.9 Å². The molecule has 2 aromatic heterocycles. The van der Waals surface area contributed by atoms with Crippen LogP contribution in [0, 0.1) is 0 Å². The number of carbonyl (C=O) groups excluding carboxylic acids is 1. The fraction of sp³-hybridized carbons (Fsp3) is 0.111. The first-order chi connectivity index (χ1) is 11.7. The Balaban J connectivity index is 1.72. The molecular formula is C18H14N2O4. The number of hydrazone groups is 1. The Morgan fingerprint density at radius 3 is 2.67 bits per heavy atom. The number of furan rings is 2. The molecule has 0 bridgehead atoms. The van der Waals surface area contributed by atoms with Gasteiger partial charge in [-0.25, -0.2) is 5.01 Å². The summed E-state index contributed by atoms with van der Waals surface area (Å²) in [6.45, 7) is 0. The third kappa shape index (κ3) is 2.48. The number of amides is 1. The Bertz CT molecular complexity index is 882. The second-order valence-electron chi connectivity index (χ2n) is 5.46. The Hall–Kier alpha value is -3.28. The molecule has 0 saturated carbocycles. The molecule has 0 unspecified atom stereocenters. The lowest BCUT2D eigenvalue weighted by atomic mass is 10.0. The molecule has 1 aromatic carbocycles. The predicted molar refractivity (Wildman–Crippen MR) is 85.6 cm³/mol. The highest BCUT2D eigenvalue weighted by molar-refractivity contribution is 6.04. The molecule has 0 fully saturated rings. The van der Waals surface area contributed by atoms with Crippen LogP contribution in [0.25, 0.3) is 0 Å². The third-order valence-corrected chi connectivity index (χ3v) is 3.90. The van der Waals surface area contributed by atoms with E-state index in [4.69, 9.17) is 8.83 Å². The SMILES string of the molecule is O=C(c1ccco1)N1N=C(c2cccc(O)c2)C[C@H]1c1ccco1. The van der Waals surface area contributed by atoms with E-state index in [2.05, 4.69) is 5.10 Å². The number of phenols is 1. The molecule has 120 valence electrons. The minimum absolute atomic E-state index is 0.153. The number of phenolic OH excluding ortho intramolecular Hbond substituents is 1. The second kappa shape index (κ2) is 5.73. The zero-order valence-electron chi connectivity index (χ0n) is 12.6. The molecule has 1 atom stereocenters. The summed E-state index contributed by atoms with van der Waals surface area (Å²) in [6, 6.07) is 13.3. The van der Waals surface area contributed by atoms with Crippen molar-refractivity contribution in [2.75, 3.05) is 0 Å². The van der Waals surface area contributed by atoms with Crippen LogP contribution in [0.2, 0.25) is 0 Å². The lowest BCUT2D eigenvalue weighted by Gasteiger charge is -2.18. The van der Waals surface area contributed by atoms with Crippen molar-refractivity contribution in [2.24, 2.45) is 5.10 Å². The molecule has 1 aliphatic rings. The van der Waals surface area contributed by atoms with Crippen molar-refractivity contribution in [2.45, 2.75) is 12.5 Å². The lowest BCUT2D eigenvalue weighted by Crippen LogP contribution is -2.26. The maximum absolute atomic E-state index is 12.7. The Kier molecular flexibility index (Phi) is 3.42. The minimum Gasteiger partial charge on any atom is -0.508 e. The summed E-state index contributed by atoms with van der Waals surface area (Å²) >= 11 is 0. The monoisotopic (exact) mass is 322 g/mol. The quantitative estimate of drug-likeness (QED) is 0.799. The lowest BCUT2D eigenvalue weighted by molar-refractivity contribution is 0.0660. The smallest absolute Gasteiger partial charge is 0.310 e. The molecule has 4 rings (SSSR count). The number of hydrogen-bond donors (Lipinski definition) is 1. The average Bonchev–Trinajstić information content (AvgIpc) is 3.33. The molecule has 0 spiro atoms. The Morgan fingerprint density at radius 1 is 1.12 bits per heavy atom. The highest BCUT2D eigenvalue weighted by atomic mass is 16.3. The van der Waals surface area contributed by atoms with Gasteiger partial charge < -0.3 is 13.9 Å². The number of carbonyl (C=O) groups is 1. The molecule has 6 nitrogen and oxygen atoms in total. The zero-order valence-corrected chi connectivity index (χ0v) is 12.6. The zero-order chi connectivity index (χ0) is 16.5. The van der Waals surface area contributed by atoms with Gasteiger partial charge in [0, 0.05) is 12.0 Å². The molecule has 1 amide bonds. The van der Waals surface area contributed by atoms with Gasteiger partial charge in [0.1, 0.15) is 17.6 Å². The number of nitrogens with zero attached hydrogens (tertiary/aromatic N) is 2. The molecule has 0 aliphatic carbocycles. The largest absolute Gasteiger partial charge is 0.508 e. The van der Waals surface area contributed by atoms with Crippen molar-refractivity contribution in [3.63, 3.8) is 0 Å². The van der Waals surface area contributed by atoms with Gasteiger partial charge in [-0.3, -0.25) is 4.79 Å². The van der Waals surface area contributed by atoms with E-state index in [1.54, 1.807) is 42.7 Å². The number of aromatic hydroxyl groups is 1. The van der Waals surface area contributed by atoms with Crippen LogP contribution in [0.1, 0.15) is 34.3 Å². The van der Waals surface area contributed by atoms with Crippen molar-refractivity contribution >= 4 is 11.6 Å². The van der Waals surface area contributed by atoms with Gasteiger partial charge in [0.2, 0.25) is 0 Å². The highest BCUT2D eigenvalue weighted by Crippen LogP contribution is 2.34. The van der Waals surface area contributed by atoms with Crippen LogP contribution in [-0.2, 0) is 0 Å². The number of benzene rings is 1. The van der Waals surface area contributed by atoms with E-state index < -0.39 is 0 Å². The van der Waals surface area contributed by atoms with Crippen LogP contribution in [0.5, 0.6) is 5.75 Å². The first kappa shape index (κ1) is 14.3. The summed E-state index contributed by atoms with van der Waals surface area (Å²) < 4.78 is 10.7. The van der Waals surface area contributed by atoms with Gasteiger partial charge in [-0.2, -0.15) is 5.10 Å². The van der Waals surface area contributed by atoms with Gasteiger partial charge in [0.05, 0.1) is 18.2 Å². The second-order valence-corrected chi connectivity index (χ2v) is 5.46. The maximum atomic E-state index is 12.7. The summed E-state index contributed by atoms with van der Waals surface area (Å²) in [7, 11) is 0. The molecule has 0 saturated heterocycles. The third-order valence-electron chi connectivity index (χ3n) is 3.90. The van der Waals surface area contributed by atoms with Gasteiger partial charge in [-0.05, 0) is 36.4 Å². The maximum Gasteiger partial charge on any atom is 0.310 e. The van der Waals surface area contributed by atoms with E-state index in [0.717, 1.165) is 5.56 Å². The Labute approximate surface area is 137 Å². The molecule has 1 aliphatic heterocycles. The molecule has 3 aromatic rings. The minimum atomic E-state index is -0.352. The molecule has 6 heteroatoms. The van der Waals surface area contributed by atoms with Crippen LogP contribution in [0.3, 0.4) is 0 Å². The van der Waals surface area contributed by atoms with Gasteiger partial charge in [0.15, 0.2) is 5.76 Å². The summed E-state index contributed by atoms with van der Waals surface area (Å²) in [5.74, 6) is 0.679. The molecule has 3 heterocycles. The summed E-state index contributed by atoms with van der Waals surface area (Å²) in [5.41, 5.74) is 1.47. The topological polar surface area (TPSA) is 79.2 Å². The van der Waals surface area contributed by atoms with Crippen LogP contribution < -0.4 is 0 Å². The van der Waals surface area contributed by atoms with Crippen LogP contribution in [0.15, 0.2) is 75.0 Å². The number of hydrogen-bond acceptors (Lipinski definition) is 5. The van der Waals surface area contributed by atoms with Crippen LogP contribution in [0.4, 0.5) is 0 Å². The van der Waals surface area contributed by atoms with Crippen LogP contribution in [-0.4, -0.2) is 21.7 Å². The van der Waals surface area contributed by atoms with Gasteiger partial charge in [0.25, 0.3) is 0 Å². The van der Waals surface area contributed by atoms with E-state index in [-0.39, 0.29) is 23.5 Å². The molecule has 1 N–H and O–H groups in total. The average molecular weight is 322 g/mol. The molecule has 0 radical (unpaired) electrons. The summed E-state index contributed by atoms with van der Waals surface area (Å²) in [4.78, 5) is 12.7. The van der Waals surface area contributed by atoms with Gasteiger partial charge >= 0.3 is 5.91 Å². The van der Waals surface area contributed by atoms with Crippen LogP contribution >= 0.6 is 0 Å². The van der Waals surface area contributed by atoms with E-state index >= 15 is 0 Å². The van der Waals surface area contributed by atoms with Crippen molar-refractivity contribution in [3.05, 3.63) is 78.1 Å². The standard InChI is InChI=1S/C18H14N2O4/c21-13-5-1-4-12(10-13)14-11-15(16-6-2-8-23-16)20(19-14)18(22)17-7-3-9-24-17/h1-10,15,21H,11H2/t15-/m0/s1. The Morgan fingerprint density at radius 2 is 1.96 bits per heavy atom. The first-order valence-corrected chi connectivity index (χ1v) is 7.50. The molecular weight excluding hydrogens is 308 g/mol.